The van der Waals surface area contributed by atoms with Crippen LogP contribution in [0.5, 0.6) is 5.75 Å². The maximum absolute atomic E-state index is 12.6. The quantitative estimate of drug-likeness (QED) is 0.910. The Labute approximate surface area is 138 Å². The second kappa shape index (κ2) is 6.60. The number of morpholine rings is 1. The Kier molecular flexibility index (Phi) is 4.54. The molecule has 1 aromatic carbocycles. The summed E-state index contributed by atoms with van der Waals surface area (Å²) in [5.41, 5.74) is 1.29. The third-order valence-electron chi connectivity index (χ3n) is 3.79. The number of fused-ring (bicyclic) bond motifs is 1. The molecule has 0 aromatic heterocycles. The average molecular weight is 338 g/mol. The van der Waals surface area contributed by atoms with E-state index >= 15 is 0 Å². The highest BCUT2D eigenvalue weighted by Gasteiger charge is 2.29. The van der Waals surface area contributed by atoms with Gasteiger partial charge in [-0.25, -0.2) is 0 Å². The van der Waals surface area contributed by atoms with Gasteiger partial charge in [-0.15, -0.1) is 0 Å². The lowest BCUT2D eigenvalue weighted by atomic mass is 10.1. The van der Waals surface area contributed by atoms with Crippen molar-refractivity contribution < 1.29 is 24.2 Å². The van der Waals surface area contributed by atoms with Crippen LogP contribution in [0, 0.1) is 0 Å². The zero-order valence-corrected chi connectivity index (χ0v) is 13.1. The minimum Gasteiger partial charge on any atom is -0.488 e. The van der Waals surface area contributed by atoms with E-state index in [2.05, 4.69) is 0 Å². The molecule has 1 fully saturated rings. The van der Waals surface area contributed by atoms with Crippen LogP contribution in [0.25, 0.3) is 6.08 Å². The molecule has 23 heavy (non-hydrogen) atoms. The van der Waals surface area contributed by atoms with Gasteiger partial charge in [0.2, 0.25) is 0 Å². The maximum atomic E-state index is 12.6. The summed E-state index contributed by atoms with van der Waals surface area (Å²) in [6, 6.07) is 5.25. The van der Waals surface area contributed by atoms with E-state index in [0.717, 1.165) is 5.56 Å². The molecule has 0 radical (unpaired) electrons. The Morgan fingerprint density at radius 1 is 1.39 bits per heavy atom. The van der Waals surface area contributed by atoms with E-state index in [4.69, 9.17) is 26.2 Å². The van der Waals surface area contributed by atoms with Crippen LogP contribution >= 0.6 is 11.6 Å². The number of hydrogen-bond donors (Lipinski definition) is 1. The number of rotatable bonds is 3. The highest BCUT2D eigenvalue weighted by atomic mass is 35.5. The molecule has 122 valence electrons. The van der Waals surface area contributed by atoms with Crippen LogP contribution in [0.2, 0.25) is 5.02 Å². The van der Waals surface area contributed by atoms with Crippen molar-refractivity contribution in [3.05, 3.63) is 34.4 Å². The number of carboxylic acids is 1. The van der Waals surface area contributed by atoms with Gasteiger partial charge in [-0.1, -0.05) is 11.6 Å². The van der Waals surface area contributed by atoms with Crippen LogP contribution in [0.3, 0.4) is 0 Å². The summed E-state index contributed by atoms with van der Waals surface area (Å²) in [6.45, 7) is 1.23. The molecular weight excluding hydrogens is 322 g/mol. The zero-order valence-electron chi connectivity index (χ0n) is 12.3. The predicted molar refractivity (Wildman–Crippen MR) is 83.5 cm³/mol. The molecule has 1 aromatic rings. The zero-order chi connectivity index (χ0) is 16.4. The van der Waals surface area contributed by atoms with Crippen molar-refractivity contribution in [2.45, 2.75) is 12.5 Å². The number of aliphatic carboxylic acids is 1. The number of ether oxygens (including phenoxy) is 2. The number of nitrogens with zero attached hydrogens (tertiary/aromatic N) is 1. The smallest absolute Gasteiger partial charge is 0.306 e. The van der Waals surface area contributed by atoms with Crippen molar-refractivity contribution in [1.29, 1.82) is 0 Å². The minimum atomic E-state index is -0.937. The van der Waals surface area contributed by atoms with E-state index < -0.39 is 12.1 Å². The van der Waals surface area contributed by atoms with Gasteiger partial charge in [0.1, 0.15) is 12.4 Å². The molecule has 6 nitrogen and oxygen atoms in total. The Bertz CT molecular complexity index is 672. The number of benzene rings is 1. The fourth-order valence-corrected chi connectivity index (χ4v) is 2.88. The highest BCUT2D eigenvalue weighted by Crippen LogP contribution is 2.29. The molecule has 7 heteroatoms. The molecule has 1 saturated heterocycles. The highest BCUT2D eigenvalue weighted by molar-refractivity contribution is 6.30. The van der Waals surface area contributed by atoms with Crippen molar-refractivity contribution in [3.8, 4) is 5.75 Å². The summed E-state index contributed by atoms with van der Waals surface area (Å²) in [6.07, 6.45) is 1.18. The van der Waals surface area contributed by atoms with Crippen LogP contribution < -0.4 is 4.74 Å². The van der Waals surface area contributed by atoms with Crippen molar-refractivity contribution in [2.24, 2.45) is 0 Å². The third kappa shape index (κ3) is 3.65. The molecule has 3 rings (SSSR count). The van der Waals surface area contributed by atoms with Crippen LogP contribution in [0.15, 0.2) is 23.8 Å². The summed E-state index contributed by atoms with van der Waals surface area (Å²) < 4.78 is 11.0. The summed E-state index contributed by atoms with van der Waals surface area (Å²) in [5, 5.41) is 9.42. The first kappa shape index (κ1) is 15.8. The lowest BCUT2D eigenvalue weighted by molar-refractivity contribution is -0.146. The van der Waals surface area contributed by atoms with Crippen molar-refractivity contribution in [1.82, 2.24) is 4.90 Å². The molecule has 0 saturated carbocycles. The third-order valence-corrected chi connectivity index (χ3v) is 4.02. The van der Waals surface area contributed by atoms with Gasteiger partial charge in [-0.05, 0) is 24.3 Å². The van der Waals surface area contributed by atoms with E-state index in [1.807, 2.05) is 0 Å². The van der Waals surface area contributed by atoms with E-state index in [9.17, 15) is 9.59 Å². The van der Waals surface area contributed by atoms with E-state index in [-0.39, 0.29) is 25.5 Å². The summed E-state index contributed by atoms with van der Waals surface area (Å²) in [5.74, 6) is -0.404. The van der Waals surface area contributed by atoms with E-state index in [1.165, 1.54) is 0 Å². The summed E-state index contributed by atoms with van der Waals surface area (Å²) >= 11 is 5.97. The van der Waals surface area contributed by atoms with E-state index in [1.54, 1.807) is 29.2 Å². The summed E-state index contributed by atoms with van der Waals surface area (Å²) in [4.78, 5) is 25.0. The molecule has 0 spiro atoms. The van der Waals surface area contributed by atoms with Gasteiger partial charge < -0.3 is 19.5 Å². The largest absolute Gasteiger partial charge is 0.488 e. The SMILES string of the molecule is O=C(O)CC1CN(C(=O)C2=Cc3cc(Cl)ccc3OC2)CCO1. The first-order valence-electron chi connectivity index (χ1n) is 7.28. The molecule has 2 aliphatic heterocycles. The number of carboxylic acid groups (broad SMARTS) is 1. The maximum Gasteiger partial charge on any atom is 0.306 e. The predicted octanol–water partition coefficient (Wildman–Crippen LogP) is 1.82. The van der Waals surface area contributed by atoms with Gasteiger partial charge >= 0.3 is 5.97 Å². The van der Waals surface area contributed by atoms with Crippen LogP contribution in [0.1, 0.15) is 12.0 Å². The van der Waals surface area contributed by atoms with Crippen LogP contribution in [-0.2, 0) is 14.3 Å². The van der Waals surface area contributed by atoms with Crippen molar-refractivity contribution in [2.75, 3.05) is 26.3 Å². The second-order valence-corrected chi connectivity index (χ2v) is 5.92. The topological polar surface area (TPSA) is 76.1 Å². The number of hydrogen-bond acceptors (Lipinski definition) is 4. The molecule has 1 atom stereocenters. The van der Waals surface area contributed by atoms with Gasteiger partial charge in [0, 0.05) is 23.7 Å². The fraction of sp³-hybridized carbons (Fsp3) is 0.375. The molecule has 2 aliphatic rings. The average Bonchev–Trinajstić information content (AvgIpc) is 2.53. The Morgan fingerprint density at radius 3 is 3.00 bits per heavy atom. The summed E-state index contributed by atoms with van der Waals surface area (Å²) in [7, 11) is 0. The fourth-order valence-electron chi connectivity index (χ4n) is 2.70. The molecule has 2 heterocycles. The molecule has 1 amide bonds. The number of halogens is 1. The standard InChI is InChI=1S/C16H16ClNO5/c17-12-1-2-14-10(6-12)5-11(9-23-14)16(21)18-3-4-22-13(8-18)7-15(19)20/h1-2,5-6,13H,3-4,7-9H2,(H,19,20). The van der Waals surface area contributed by atoms with Gasteiger partial charge in [0.05, 0.1) is 24.7 Å². The van der Waals surface area contributed by atoms with Crippen LogP contribution in [-0.4, -0.2) is 54.3 Å². The molecule has 0 aliphatic carbocycles. The minimum absolute atomic E-state index is 0.113. The molecular formula is C16H16ClNO5. The molecule has 0 bridgehead atoms. The van der Waals surface area contributed by atoms with E-state index in [0.29, 0.717) is 29.5 Å². The van der Waals surface area contributed by atoms with Crippen molar-refractivity contribution >= 4 is 29.6 Å². The van der Waals surface area contributed by atoms with Gasteiger partial charge in [0.25, 0.3) is 5.91 Å². The van der Waals surface area contributed by atoms with Crippen LogP contribution in [0.4, 0.5) is 0 Å². The Balaban J connectivity index is 1.74. The second-order valence-electron chi connectivity index (χ2n) is 5.48. The van der Waals surface area contributed by atoms with Gasteiger partial charge in [-0.2, -0.15) is 0 Å². The first-order valence-corrected chi connectivity index (χ1v) is 7.66. The molecule has 1 unspecified atom stereocenters. The van der Waals surface area contributed by atoms with Gasteiger partial charge in [-0.3, -0.25) is 9.59 Å². The monoisotopic (exact) mass is 337 g/mol. The first-order chi connectivity index (χ1) is 11.0. The Morgan fingerprint density at radius 2 is 2.22 bits per heavy atom. The normalized spacial score (nSPS) is 20.3. The lowest BCUT2D eigenvalue weighted by Crippen LogP contribution is -2.47. The van der Waals surface area contributed by atoms with Gasteiger partial charge in [0.15, 0.2) is 0 Å². The lowest BCUT2D eigenvalue weighted by Gasteiger charge is -2.33. The molecule has 1 N–H and O–H groups in total. The Hall–Kier alpha value is -2.05. The number of carbonyl (C=O) groups is 2. The number of amides is 1. The number of carbonyl (C=O) groups excluding carboxylic acids is 1. The van der Waals surface area contributed by atoms with Crippen molar-refractivity contribution in [3.63, 3.8) is 0 Å².